The highest BCUT2D eigenvalue weighted by molar-refractivity contribution is 7.07. The maximum atomic E-state index is 11.4. The van der Waals surface area contributed by atoms with Crippen molar-refractivity contribution >= 4 is 23.1 Å². The fourth-order valence-electron chi connectivity index (χ4n) is 1.01. The third kappa shape index (κ3) is 2.17. The number of aromatic nitrogens is 3. The van der Waals surface area contributed by atoms with Crippen LogP contribution in [0.25, 0.3) is 0 Å². The maximum absolute atomic E-state index is 11.4. The molecule has 0 unspecified atom stereocenters. The monoisotopic (exact) mass is 208 g/mol. The van der Waals surface area contributed by atoms with Crippen LogP contribution in [0.1, 0.15) is 5.69 Å². The number of anilines is 1. The highest BCUT2D eigenvalue weighted by Crippen LogP contribution is 2.04. The number of nitrogens with one attached hydrogen (secondary N) is 2. The summed E-state index contributed by atoms with van der Waals surface area (Å²) in [5.41, 5.74) is 2.49. The zero-order chi connectivity index (χ0) is 9.80. The number of H-pyrrole nitrogens is 1. The van der Waals surface area contributed by atoms with E-state index in [0.29, 0.717) is 12.2 Å². The van der Waals surface area contributed by atoms with Crippen molar-refractivity contribution in [1.29, 1.82) is 0 Å². The molecule has 6 heteroatoms. The van der Waals surface area contributed by atoms with Crippen LogP contribution in [0.4, 0.5) is 5.82 Å². The second kappa shape index (κ2) is 4.01. The van der Waals surface area contributed by atoms with Gasteiger partial charge in [-0.25, -0.2) is 4.98 Å². The molecule has 0 saturated heterocycles. The van der Waals surface area contributed by atoms with Crippen molar-refractivity contribution in [2.45, 2.75) is 6.42 Å². The standard InChI is InChI=1S/C8H8N4OS/c13-8(3-6-4-14-5-9-6)11-7-1-2-10-12-7/h1-2,4-5H,3H2,(H2,10,11,12,13). The van der Waals surface area contributed by atoms with E-state index in [1.54, 1.807) is 17.8 Å². The highest BCUT2D eigenvalue weighted by atomic mass is 32.1. The summed E-state index contributed by atoms with van der Waals surface area (Å²) >= 11 is 1.48. The number of amides is 1. The average molecular weight is 208 g/mol. The number of aromatic amines is 1. The number of hydrogen-bond acceptors (Lipinski definition) is 4. The number of carbonyl (C=O) groups is 1. The Hall–Kier alpha value is -1.69. The van der Waals surface area contributed by atoms with Gasteiger partial charge in [0.2, 0.25) is 5.91 Å². The molecule has 0 fully saturated rings. The lowest BCUT2D eigenvalue weighted by Crippen LogP contribution is -2.14. The molecule has 0 atom stereocenters. The fourth-order valence-corrected chi connectivity index (χ4v) is 1.57. The minimum Gasteiger partial charge on any atom is -0.311 e. The normalized spacial score (nSPS) is 10.0. The zero-order valence-electron chi connectivity index (χ0n) is 7.23. The molecule has 5 nitrogen and oxygen atoms in total. The predicted octanol–water partition coefficient (Wildman–Crippen LogP) is 1.05. The Balaban J connectivity index is 1.91. The van der Waals surface area contributed by atoms with Crippen LogP contribution in [0.3, 0.4) is 0 Å². The Morgan fingerprint density at radius 3 is 3.21 bits per heavy atom. The summed E-state index contributed by atoms with van der Waals surface area (Å²) in [6.45, 7) is 0. The van der Waals surface area contributed by atoms with Gasteiger partial charge in [-0.1, -0.05) is 0 Å². The van der Waals surface area contributed by atoms with Crippen LogP contribution < -0.4 is 5.32 Å². The van der Waals surface area contributed by atoms with E-state index in [1.807, 2.05) is 5.38 Å². The Morgan fingerprint density at radius 2 is 2.57 bits per heavy atom. The minimum atomic E-state index is -0.0971. The highest BCUT2D eigenvalue weighted by Gasteiger charge is 2.05. The van der Waals surface area contributed by atoms with Crippen molar-refractivity contribution in [1.82, 2.24) is 15.2 Å². The van der Waals surface area contributed by atoms with Gasteiger partial charge in [-0.2, -0.15) is 5.10 Å². The zero-order valence-corrected chi connectivity index (χ0v) is 8.04. The summed E-state index contributed by atoms with van der Waals surface area (Å²) in [6.07, 6.45) is 1.88. The molecule has 0 saturated carbocycles. The summed E-state index contributed by atoms with van der Waals surface area (Å²) in [5.74, 6) is 0.505. The van der Waals surface area contributed by atoms with Gasteiger partial charge in [0.05, 0.1) is 23.8 Å². The molecule has 2 N–H and O–H groups in total. The largest absolute Gasteiger partial charge is 0.311 e. The number of thiazole rings is 1. The molecule has 2 rings (SSSR count). The number of rotatable bonds is 3. The van der Waals surface area contributed by atoms with Crippen LogP contribution in [0.15, 0.2) is 23.2 Å². The van der Waals surface area contributed by atoms with Crippen molar-refractivity contribution in [3.8, 4) is 0 Å². The second-order valence-electron chi connectivity index (χ2n) is 2.68. The lowest BCUT2D eigenvalue weighted by atomic mass is 10.3. The van der Waals surface area contributed by atoms with E-state index in [2.05, 4.69) is 20.5 Å². The van der Waals surface area contributed by atoms with E-state index in [0.717, 1.165) is 5.69 Å². The molecule has 0 aliphatic heterocycles. The first kappa shape index (κ1) is 8.89. The summed E-state index contributed by atoms with van der Waals surface area (Å²) in [6, 6.07) is 1.69. The summed E-state index contributed by atoms with van der Waals surface area (Å²) < 4.78 is 0. The van der Waals surface area contributed by atoms with Crippen molar-refractivity contribution in [3.05, 3.63) is 28.8 Å². The number of carbonyl (C=O) groups excluding carboxylic acids is 1. The molecule has 0 aliphatic rings. The quantitative estimate of drug-likeness (QED) is 0.792. The molecule has 72 valence electrons. The van der Waals surface area contributed by atoms with Gasteiger partial charge in [0, 0.05) is 11.4 Å². The van der Waals surface area contributed by atoms with E-state index in [-0.39, 0.29) is 5.91 Å². The van der Waals surface area contributed by atoms with Gasteiger partial charge in [-0.3, -0.25) is 9.89 Å². The van der Waals surface area contributed by atoms with Crippen LogP contribution in [-0.2, 0) is 11.2 Å². The van der Waals surface area contributed by atoms with Gasteiger partial charge in [0.25, 0.3) is 0 Å². The van der Waals surface area contributed by atoms with Crippen molar-refractivity contribution < 1.29 is 4.79 Å². The van der Waals surface area contributed by atoms with Crippen LogP contribution in [-0.4, -0.2) is 21.1 Å². The Bertz CT molecular complexity index is 357. The Kier molecular flexibility index (Phi) is 2.55. The topological polar surface area (TPSA) is 70.7 Å². The fraction of sp³-hybridized carbons (Fsp3) is 0.125. The molecule has 0 aromatic carbocycles. The van der Waals surface area contributed by atoms with E-state index in [1.165, 1.54) is 11.3 Å². The molecule has 0 spiro atoms. The molecule has 14 heavy (non-hydrogen) atoms. The summed E-state index contributed by atoms with van der Waals surface area (Å²) in [5, 5.41) is 10.9. The minimum absolute atomic E-state index is 0.0971. The van der Waals surface area contributed by atoms with Crippen molar-refractivity contribution in [2.24, 2.45) is 0 Å². The third-order valence-corrected chi connectivity index (χ3v) is 2.24. The molecule has 0 aliphatic carbocycles. The first-order valence-corrected chi connectivity index (χ1v) is 4.95. The van der Waals surface area contributed by atoms with E-state index < -0.39 is 0 Å². The van der Waals surface area contributed by atoms with Gasteiger partial charge >= 0.3 is 0 Å². The smallest absolute Gasteiger partial charge is 0.231 e. The van der Waals surface area contributed by atoms with Crippen LogP contribution >= 0.6 is 11.3 Å². The average Bonchev–Trinajstić information content (AvgIpc) is 2.76. The second-order valence-corrected chi connectivity index (χ2v) is 3.39. The van der Waals surface area contributed by atoms with E-state index >= 15 is 0 Å². The first-order chi connectivity index (χ1) is 6.84. The molecule has 2 aromatic rings. The number of nitrogens with zero attached hydrogens (tertiary/aromatic N) is 2. The van der Waals surface area contributed by atoms with Gasteiger partial charge < -0.3 is 5.32 Å². The van der Waals surface area contributed by atoms with Gasteiger partial charge in [0.1, 0.15) is 5.82 Å². The van der Waals surface area contributed by atoms with E-state index in [9.17, 15) is 4.79 Å². The Morgan fingerprint density at radius 1 is 1.64 bits per heavy atom. The lowest BCUT2D eigenvalue weighted by Gasteiger charge is -1.99. The van der Waals surface area contributed by atoms with E-state index in [4.69, 9.17) is 0 Å². The molecular formula is C8H8N4OS. The summed E-state index contributed by atoms with van der Waals surface area (Å²) in [4.78, 5) is 15.4. The van der Waals surface area contributed by atoms with Gasteiger partial charge in [0.15, 0.2) is 0 Å². The molecule has 2 aromatic heterocycles. The van der Waals surface area contributed by atoms with Crippen LogP contribution in [0.2, 0.25) is 0 Å². The molecule has 2 heterocycles. The molecule has 0 bridgehead atoms. The van der Waals surface area contributed by atoms with Crippen molar-refractivity contribution in [2.75, 3.05) is 5.32 Å². The maximum Gasteiger partial charge on any atom is 0.231 e. The van der Waals surface area contributed by atoms with Crippen LogP contribution in [0, 0.1) is 0 Å². The lowest BCUT2D eigenvalue weighted by molar-refractivity contribution is -0.115. The Labute approximate surface area is 84.2 Å². The SMILES string of the molecule is O=C(Cc1cscn1)Nc1ccn[nH]1. The van der Waals surface area contributed by atoms with Crippen LogP contribution in [0.5, 0.6) is 0 Å². The van der Waals surface area contributed by atoms with Gasteiger partial charge in [-0.05, 0) is 0 Å². The summed E-state index contributed by atoms with van der Waals surface area (Å²) in [7, 11) is 0. The predicted molar refractivity (Wildman–Crippen MR) is 53.0 cm³/mol. The molecular weight excluding hydrogens is 200 g/mol. The third-order valence-electron chi connectivity index (χ3n) is 1.60. The molecule has 0 radical (unpaired) electrons. The molecule has 1 amide bonds. The number of hydrogen-bond donors (Lipinski definition) is 2. The first-order valence-electron chi connectivity index (χ1n) is 4.01. The van der Waals surface area contributed by atoms with Gasteiger partial charge in [-0.15, -0.1) is 11.3 Å². The van der Waals surface area contributed by atoms with Crippen molar-refractivity contribution in [3.63, 3.8) is 0 Å².